The SMILES string of the molecule is COc1ccc([N+](=O)[O-])c(NCC2CCCCN2)c1. The van der Waals surface area contributed by atoms with Gasteiger partial charge in [-0.1, -0.05) is 6.42 Å². The summed E-state index contributed by atoms with van der Waals surface area (Å²) in [6, 6.07) is 5.11. The Morgan fingerprint density at radius 3 is 3.00 bits per heavy atom. The van der Waals surface area contributed by atoms with Crippen molar-refractivity contribution in [3.05, 3.63) is 28.3 Å². The van der Waals surface area contributed by atoms with Gasteiger partial charge >= 0.3 is 0 Å². The van der Waals surface area contributed by atoms with Crippen LogP contribution >= 0.6 is 0 Å². The molecule has 1 aromatic rings. The third-order valence-electron chi connectivity index (χ3n) is 3.35. The van der Waals surface area contributed by atoms with Gasteiger partial charge in [0.1, 0.15) is 11.4 Å². The minimum atomic E-state index is -0.379. The molecule has 1 fully saturated rings. The summed E-state index contributed by atoms with van der Waals surface area (Å²) in [7, 11) is 1.55. The van der Waals surface area contributed by atoms with Crippen LogP contribution in [0.1, 0.15) is 19.3 Å². The molecule has 0 saturated carbocycles. The summed E-state index contributed by atoms with van der Waals surface area (Å²) in [4.78, 5) is 10.6. The monoisotopic (exact) mass is 265 g/mol. The molecule has 1 aliphatic heterocycles. The number of nitrogens with zero attached hydrogens (tertiary/aromatic N) is 1. The van der Waals surface area contributed by atoms with E-state index >= 15 is 0 Å². The van der Waals surface area contributed by atoms with Gasteiger partial charge in [0, 0.05) is 24.7 Å². The summed E-state index contributed by atoms with van der Waals surface area (Å²) < 4.78 is 5.10. The molecule has 0 amide bonds. The molecule has 1 heterocycles. The highest BCUT2D eigenvalue weighted by Gasteiger charge is 2.17. The fourth-order valence-corrected chi connectivity index (χ4v) is 2.27. The first-order chi connectivity index (χ1) is 9.20. The van der Waals surface area contributed by atoms with Crippen LogP contribution in [0.5, 0.6) is 5.75 Å². The predicted octanol–water partition coefficient (Wildman–Crippen LogP) is 2.16. The lowest BCUT2D eigenvalue weighted by Gasteiger charge is -2.24. The van der Waals surface area contributed by atoms with E-state index in [1.54, 1.807) is 19.2 Å². The second kappa shape index (κ2) is 6.38. The first-order valence-corrected chi connectivity index (χ1v) is 6.50. The van der Waals surface area contributed by atoms with Crippen molar-refractivity contribution in [1.82, 2.24) is 5.32 Å². The molecular formula is C13H19N3O3. The smallest absolute Gasteiger partial charge is 0.292 e. The van der Waals surface area contributed by atoms with Crippen LogP contribution in [0, 0.1) is 10.1 Å². The number of hydrogen-bond donors (Lipinski definition) is 2. The van der Waals surface area contributed by atoms with Gasteiger partial charge in [-0.15, -0.1) is 0 Å². The van der Waals surface area contributed by atoms with E-state index in [1.165, 1.54) is 18.9 Å². The Kier molecular flexibility index (Phi) is 4.57. The van der Waals surface area contributed by atoms with Crippen molar-refractivity contribution in [3.8, 4) is 5.75 Å². The molecule has 0 radical (unpaired) electrons. The van der Waals surface area contributed by atoms with Gasteiger partial charge < -0.3 is 15.4 Å². The number of benzene rings is 1. The number of anilines is 1. The number of hydrogen-bond acceptors (Lipinski definition) is 5. The number of ether oxygens (including phenoxy) is 1. The average Bonchev–Trinajstić information content (AvgIpc) is 2.45. The molecule has 0 aliphatic carbocycles. The van der Waals surface area contributed by atoms with Crippen LogP contribution in [0.2, 0.25) is 0 Å². The highest BCUT2D eigenvalue weighted by molar-refractivity contribution is 5.64. The molecule has 1 aliphatic rings. The van der Waals surface area contributed by atoms with Crippen LogP contribution in [0.25, 0.3) is 0 Å². The molecule has 1 atom stereocenters. The third kappa shape index (κ3) is 3.57. The van der Waals surface area contributed by atoms with Gasteiger partial charge in [0.05, 0.1) is 12.0 Å². The van der Waals surface area contributed by atoms with E-state index < -0.39 is 0 Å². The van der Waals surface area contributed by atoms with Crippen LogP contribution in [0.15, 0.2) is 18.2 Å². The first-order valence-electron chi connectivity index (χ1n) is 6.50. The second-order valence-electron chi connectivity index (χ2n) is 4.67. The molecular weight excluding hydrogens is 246 g/mol. The Morgan fingerprint density at radius 1 is 1.53 bits per heavy atom. The van der Waals surface area contributed by atoms with Crippen LogP contribution in [-0.2, 0) is 0 Å². The van der Waals surface area contributed by atoms with Gasteiger partial charge in [-0.3, -0.25) is 10.1 Å². The molecule has 1 unspecified atom stereocenters. The van der Waals surface area contributed by atoms with Gasteiger partial charge in [-0.05, 0) is 25.5 Å². The Balaban J connectivity index is 2.06. The number of nitrogens with one attached hydrogen (secondary N) is 2. The van der Waals surface area contributed by atoms with E-state index in [2.05, 4.69) is 10.6 Å². The maximum absolute atomic E-state index is 11.0. The second-order valence-corrected chi connectivity index (χ2v) is 4.67. The van der Waals surface area contributed by atoms with Crippen molar-refractivity contribution in [3.63, 3.8) is 0 Å². The van der Waals surface area contributed by atoms with Crippen molar-refractivity contribution < 1.29 is 9.66 Å². The first kappa shape index (κ1) is 13.6. The minimum Gasteiger partial charge on any atom is -0.497 e. The number of methoxy groups -OCH3 is 1. The lowest BCUT2D eigenvalue weighted by atomic mass is 10.1. The molecule has 6 nitrogen and oxygen atoms in total. The van der Waals surface area contributed by atoms with Crippen molar-refractivity contribution in [2.24, 2.45) is 0 Å². The summed E-state index contributed by atoms with van der Waals surface area (Å²) in [5.74, 6) is 0.615. The number of nitro benzene ring substituents is 1. The summed E-state index contributed by atoms with van der Waals surface area (Å²) in [6.45, 7) is 1.71. The molecule has 0 spiro atoms. The Bertz CT molecular complexity index is 445. The quantitative estimate of drug-likeness (QED) is 0.630. The average molecular weight is 265 g/mol. The van der Waals surface area contributed by atoms with Gasteiger partial charge in [0.25, 0.3) is 5.69 Å². The highest BCUT2D eigenvalue weighted by atomic mass is 16.6. The zero-order valence-corrected chi connectivity index (χ0v) is 11.0. The maximum atomic E-state index is 11.0. The van der Waals surface area contributed by atoms with Crippen molar-refractivity contribution in [2.45, 2.75) is 25.3 Å². The lowest BCUT2D eigenvalue weighted by molar-refractivity contribution is -0.384. The molecule has 1 aromatic carbocycles. The van der Waals surface area contributed by atoms with Gasteiger partial charge in [0.15, 0.2) is 0 Å². The summed E-state index contributed by atoms with van der Waals surface area (Å²) >= 11 is 0. The van der Waals surface area contributed by atoms with Gasteiger partial charge in [-0.25, -0.2) is 0 Å². The molecule has 2 N–H and O–H groups in total. The Morgan fingerprint density at radius 2 is 2.37 bits per heavy atom. The molecule has 2 rings (SSSR count). The minimum absolute atomic E-state index is 0.0802. The molecule has 104 valence electrons. The third-order valence-corrected chi connectivity index (χ3v) is 3.35. The number of nitro groups is 1. The van der Waals surface area contributed by atoms with E-state index in [0.717, 1.165) is 13.0 Å². The molecule has 0 aromatic heterocycles. The zero-order valence-electron chi connectivity index (χ0n) is 11.0. The number of rotatable bonds is 5. The fraction of sp³-hybridized carbons (Fsp3) is 0.538. The van der Waals surface area contributed by atoms with Crippen LogP contribution in [0.4, 0.5) is 11.4 Å². The van der Waals surface area contributed by atoms with Crippen molar-refractivity contribution in [2.75, 3.05) is 25.5 Å². The Hall–Kier alpha value is -1.82. The molecule has 0 bridgehead atoms. The summed E-state index contributed by atoms with van der Waals surface area (Å²) in [5.41, 5.74) is 0.591. The van der Waals surface area contributed by atoms with Gasteiger partial charge in [-0.2, -0.15) is 0 Å². The topological polar surface area (TPSA) is 76.4 Å². The molecule has 6 heteroatoms. The summed E-state index contributed by atoms with van der Waals surface area (Å²) in [5, 5.41) is 17.5. The predicted molar refractivity (Wildman–Crippen MR) is 73.8 cm³/mol. The van der Waals surface area contributed by atoms with Crippen LogP contribution in [-0.4, -0.2) is 31.2 Å². The van der Waals surface area contributed by atoms with Gasteiger partial charge in [0.2, 0.25) is 0 Å². The van der Waals surface area contributed by atoms with E-state index in [4.69, 9.17) is 4.74 Å². The maximum Gasteiger partial charge on any atom is 0.292 e. The van der Waals surface area contributed by atoms with Crippen molar-refractivity contribution >= 4 is 11.4 Å². The van der Waals surface area contributed by atoms with E-state index in [-0.39, 0.29) is 10.6 Å². The molecule has 1 saturated heterocycles. The fourth-order valence-electron chi connectivity index (χ4n) is 2.27. The van der Waals surface area contributed by atoms with Crippen LogP contribution < -0.4 is 15.4 Å². The lowest BCUT2D eigenvalue weighted by Crippen LogP contribution is -2.39. The van der Waals surface area contributed by atoms with Crippen LogP contribution in [0.3, 0.4) is 0 Å². The standard InChI is InChI=1S/C13H19N3O3/c1-19-11-5-6-13(16(17)18)12(8-11)15-9-10-4-2-3-7-14-10/h5-6,8,10,14-15H,2-4,7,9H2,1H3. The zero-order chi connectivity index (χ0) is 13.7. The van der Waals surface area contributed by atoms with E-state index in [1.807, 2.05) is 0 Å². The van der Waals surface area contributed by atoms with Crippen molar-refractivity contribution in [1.29, 1.82) is 0 Å². The number of piperidine rings is 1. The summed E-state index contributed by atoms with van der Waals surface area (Å²) in [6.07, 6.45) is 3.51. The Labute approximate surface area is 112 Å². The highest BCUT2D eigenvalue weighted by Crippen LogP contribution is 2.28. The largest absolute Gasteiger partial charge is 0.497 e. The normalized spacial score (nSPS) is 18.9. The van der Waals surface area contributed by atoms with E-state index in [0.29, 0.717) is 24.0 Å². The van der Waals surface area contributed by atoms with E-state index in [9.17, 15) is 10.1 Å². The molecule has 19 heavy (non-hydrogen) atoms.